The van der Waals surface area contributed by atoms with Gasteiger partial charge in [0.2, 0.25) is 5.91 Å². The zero-order valence-electron chi connectivity index (χ0n) is 20.8. The van der Waals surface area contributed by atoms with Crippen LogP contribution in [0.3, 0.4) is 0 Å². The summed E-state index contributed by atoms with van der Waals surface area (Å²) in [4.78, 5) is 37.0. The molecule has 0 spiro atoms. The number of nitrogens with zero attached hydrogens (tertiary/aromatic N) is 1. The number of ether oxygens (including phenoxy) is 1. The summed E-state index contributed by atoms with van der Waals surface area (Å²) in [6.07, 6.45) is 4.38. The first-order valence-electron chi connectivity index (χ1n) is 12.2. The van der Waals surface area contributed by atoms with Gasteiger partial charge in [-0.25, -0.2) is 9.69 Å². The normalized spacial score (nSPS) is 18.6. The average molecular weight is 496 g/mol. The van der Waals surface area contributed by atoms with Gasteiger partial charge < -0.3 is 18.7 Å². The standard InChI is InChI=1S/C19H21NO4.C9H12O3/c1-3-14(12-16-10-7-11-23-16)18(21)20-13(2)17(24-19(20)22)15-8-5-4-6-9-15;1-2-7(9(10)11)6-8-4-3-5-12-8/h4-11,13-14,17H,3,12H2,1-2H3;3-5,7H,2,6H2,1H3,(H,10,11)/t13-,14-,17-;7-/m00/s1. The van der Waals surface area contributed by atoms with Crippen LogP contribution < -0.4 is 0 Å². The number of carboxylic acids is 1. The maximum absolute atomic E-state index is 12.9. The fourth-order valence-corrected chi connectivity index (χ4v) is 4.20. The number of carbonyl (C=O) groups excluding carboxylic acids is 2. The topological polar surface area (TPSA) is 110 Å². The Balaban J connectivity index is 0.000000253. The molecule has 1 aliphatic heterocycles. The van der Waals surface area contributed by atoms with E-state index in [1.54, 1.807) is 30.7 Å². The van der Waals surface area contributed by atoms with Gasteiger partial charge in [-0.3, -0.25) is 9.59 Å². The molecule has 1 aromatic carbocycles. The zero-order chi connectivity index (χ0) is 26.1. The number of amides is 2. The second-order valence-corrected chi connectivity index (χ2v) is 8.78. The lowest BCUT2D eigenvalue weighted by atomic mass is 9.97. The van der Waals surface area contributed by atoms with Gasteiger partial charge in [-0.05, 0) is 49.6 Å². The number of furan rings is 2. The summed E-state index contributed by atoms with van der Waals surface area (Å²) >= 11 is 0. The van der Waals surface area contributed by atoms with E-state index in [0.717, 1.165) is 17.1 Å². The summed E-state index contributed by atoms with van der Waals surface area (Å²) in [5.41, 5.74) is 0.896. The van der Waals surface area contributed by atoms with Crippen LogP contribution in [0.25, 0.3) is 0 Å². The zero-order valence-corrected chi connectivity index (χ0v) is 20.8. The monoisotopic (exact) mass is 495 g/mol. The van der Waals surface area contributed by atoms with Crippen molar-refractivity contribution in [2.24, 2.45) is 11.8 Å². The summed E-state index contributed by atoms with van der Waals surface area (Å²) in [5, 5.41) is 8.73. The first kappa shape index (κ1) is 26.8. The fourth-order valence-electron chi connectivity index (χ4n) is 4.20. The maximum atomic E-state index is 12.9. The molecular formula is C28H33NO7. The predicted octanol–water partition coefficient (Wildman–Crippen LogP) is 5.89. The van der Waals surface area contributed by atoms with Crippen LogP contribution in [0.1, 0.15) is 56.8 Å². The summed E-state index contributed by atoms with van der Waals surface area (Å²) < 4.78 is 15.9. The van der Waals surface area contributed by atoms with E-state index in [9.17, 15) is 14.4 Å². The molecular weight excluding hydrogens is 462 g/mol. The van der Waals surface area contributed by atoms with Gasteiger partial charge in [-0.2, -0.15) is 0 Å². The predicted molar refractivity (Wildman–Crippen MR) is 132 cm³/mol. The lowest BCUT2D eigenvalue weighted by Gasteiger charge is -2.23. The van der Waals surface area contributed by atoms with Gasteiger partial charge in [0.1, 0.15) is 17.6 Å². The largest absolute Gasteiger partial charge is 0.481 e. The second kappa shape index (κ2) is 12.8. The van der Waals surface area contributed by atoms with Crippen molar-refractivity contribution in [2.75, 3.05) is 0 Å². The Labute approximate surface area is 210 Å². The van der Waals surface area contributed by atoms with Crippen molar-refractivity contribution in [2.45, 2.75) is 58.6 Å². The third-order valence-electron chi connectivity index (χ3n) is 6.37. The summed E-state index contributed by atoms with van der Waals surface area (Å²) in [6.45, 7) is 5.65. The van der Waals surface area contributed by atoms with E-state index in [1.165, 1.54) is 4.90 Å². The lowest BCUT2D eigenvalue weighted by molar-refractivity contribution is -0.142. The molecule has 3 aromatic rings. The van der Waals surface area contributed by atoms with E-state index in [4.69, 9.17) is 18.7 Å². The maximum Gasteiger partial charge on any atom is 0.417 e. The Bertz CT molecular complexity index is 1090. The van der Waals surface area contributed by atoms with Gasteiger partial charge in [0.05, 0.1) is 24.5 Å². The minimum atomic E-state index is -0.756. The van der Waals surface area contributed by atoms with E-state index >= 15 is 0 Å². The number of carboxylic acid groups (broad SMARTS) is 1. The van der Waals surface area contributed by atoms with Crippen LogP contribution >= 0.6 is 0 Å². The SMILES string of the molecule is CC[C@@H](Cc1ccco1)C(=O)N1C(=O)O[C@H](c2ccccc2)[C@@H]1C.CC[C@@H](Cc1ccco1)C(=O)O. The number of hydrogen-bond donors (Lipinski definition) is 1. The Morgan fingerprint density at radius 2 is 1.44 bits per heavy atom. The van der Waals surface area contributed by atoms with E-state index in [2.05, 4.69) is 0 Å². The quantitative estimate of drug-likeness (QED) is 0.394. The van der Waals surface area contributed by atoms with Gasteiger partial charge >= 0.3 is 12.1 Å². The molecule has 36 heavy (non-hydrogen) atoms. The van der Waals surface area contributed by atoms with E-state index < -0.39 is 18.2 Å². The molecule has 0 aliphatic carbocycles. The van der Waals surface area contributed by atoms with Crippen molar-refractivity contribution < 1.29 is 33.1 Å². The number of cyclic esters (lactones) is 1. The highest BCUT2D eigenvalue weighted by atomic mass is 16.6. The first-order valence-corrected chi connectivity index (χ1v) is 12.2. The van der Waals surface area contributed by atoms with Crippen LogP contribution in [-0.2, 0) is 27.2 Å². The van der Waals surface area contributed by atoms with Crippen molar-refractivity contribution in [3.8, 4) is 0 Å². The van der Waals surface area contributed by atoms with E-state index in [-0.39, 0.29) is 23.8 Å². The molecule has 1 fully saturated rings. The Morgan fingerprint density at radius 3 is 1.92 bits per heavy atom. The molecule has 192 valence electrons. The van der Waals surface area contributed by atoms with Crippen molar-refractivity contribution in [3.63, 3.8) is 0 Å². The molecule has 2 amide bonds. The molecule has 2 aromatic heterocycles. The van der Waals surface area contributed by atoms with E-state index in [0.29, 0.717) is 25.7 Å². The van der Waals surface area contributed by atoms with Crippen molar-refractivity contribution in [3.05, 3.63) is 84.2 Å². The number of carbonyl (C=O) groups is 3. The van der Waals surface area contributed by atoms with Crippen LogP contribution in [0.15, 0.2) is 76.0 Å². The van der Waals surface area contributed by atoms with Crippen LogP contribution in [0, 0.1) is 11.8 Å². The Morgan fingerprint density at radius 1 is 0.889 bits per heavy atom. The molecule has 3 heterocycles. The lowest BCUT2D eigenvalue weighted by Crippen LogP contribution is -2.42. The number of imide groups is 1. The molecule has 1 N–H and O–H groups in total. The number of aliphatic carboxylic acids is 1. The second-order valence-electron chi connectivity index (χ2n) is 8.78. The number of rotatable bonds is 9. The molecule has 0 saturated carbocycles. The molecule has 8 heteroatoms. The molecule has 4 atom stereocenters. The smallest absolute Gasteiger partial charge is 0.417 e. The van der Waals surface area contributed by atoms with Gasteiger partial charge in [0.15, 0.2) is 0 Å². The number of benzene rings is 1. The molecule has 0 unspecified atom stereocenters. The minimum Gasteiger partial charge on any atom is -0.481 e. The minimum absolute atomic E-state index is 0.204. The van der Waals surface area contributed by atoms with Crippen molar-refractivity contribution in [1.29, 1.82) is 0 Å². The fraction of sp³-hybridized carbons (Fsp3) is 0.393. The first-order chi connectivity index (χ1) is 17.3. The highest BCUT2D eigenvalue weighted by Crippen LogP contribution is 2.34. The molecule has 1 saturated heterocycles. The average Bonchev–Trinajstić information content (AvgIpc) is 3.64. The molecule has 1 aliphatic rings. The van der Waals surface area contributed by atoms with Crippen molar-refractivity contribution >= 4 is 18.0 Å². The third-order valence-corrected chi connectivity index (χ3v) is 6.37. The highest BCUT2D eigenvalue weighted by molar-refractivity contribution is 5.95. The molecule has 4 rings (SSSR count). The van der Waals surface area contributed by atoms with Gasteiger partial charge in [-0.15, -0.1) is 0 Å². The van der Waals surface area contributed by atoms with Gasteiger partial charge in [-0.1, -0.05) is 44.2 Å². The van der Waals surface area contributed by atoms with Crippen LogP contribution in [0.2, 0.25) is 0 Å². The molecule has 0 radical (unpaired) electrons. The third kappa shape index (κ3) is 6.65. The van der Waals surface area contributed by atoms with Crippen LogP contribution in [0.4, 0.5) is 4.79 Å². The van der Waals surface area contributed by atoms with Crippen molar-refractivity contribution in [1.82, 2.24) is 4.90 Å². The molecule has 8 nitrogen and oxygen atoms in total. The van der Waals surface area contributed by atoms with Gasteiger partial charge in [0.25, 0.3) is 0 Å². The summed E-state index contributed by atoms with van der Waals surface area (Å²) in [6, 6.07) is 16.4. The van der Waals surface area contributed by atoms with Crippen LogP contribution in [0.5, 0.6) is 0 Å². The van der Waals surface area contributed by atoms with E-state index in [1.807, 2.05) is 57.2 Å². The number of hydrogen-bond acceptors (Lipinski definition) is 6. The van der Waals surface area contributed by atoms with Gasteiger partial charge in [0, 0.05) is 18.8 Å². The molecule has 0 bridgehead atoms. The Kier molecular flexibility index (Phi) is 9.50. The Hall–Kier alpha value is -3.81. The van der Waals surface area contributed by atoms with Crippen LogP contribution in [-0.4, -0.2) is 34.0 Å². The summed E-state index contributed by atoms with van der Waals surface area (Å²) in [7, 11) is 0. The summed E-state index contributed by atoms with van der Waals surface area (Å²) in [5.74, 6) is -0.102. The highest BCUT2D eigenvalue weighted by Gasteiger charge is 2.45.